The van der Waals surface area contributed by atoms with Gasteiger partial charge in [0.1, 0.15) is 15.4 Å². The Kier molecular flexibility index (Phi) is 30.1. The number of fused-ring (bicyclic) bond motifs is 5. The monoisotopic (exact) mass is 1960 g/mol. The van der Waals surface area contributed by atoms with Crippen molar-refractivity contribution in [2.45, 2.75) is 103 Å². The van der Waals surface area contributed by atoms with Crippen molar-refractivity contribution < 1.29 is 52.5 Å². The number of anilines is 4. The minimum Gasteiger partial charge on any atom is -0.464 e. The van der Waals surface area contributed by atoms with Crippen LogP contribution in [-0.2, 0) is 23.7 Å². The van der Waals surface area contributed by atoms with Gasteiger partial charge in [-0.15, -0.1) is 56.7 Å². The van der Waals surface area contributed by atoms with Crippen molar-refractivity contribution in [1.29, 1.82) is 0 Å². The molecule has 20 rings (SSSR count). The van der Waals surface area contributed by atoms with E-state index in [1.807, 2.05) is 79.7 Å². The number of nitrogens with one attached hydrogen (secondary N) is 2. The topological polar surface area (TPSA) is 224 Å². The van der Waals surface area contributed by atoms with Crippen molar-refractivity contribution >= 4 is 198 Å². The van der Waals surface area contributed by atoms with E-state index in [2.05, 4.69) is 110 Å². The number of halogens is 6. The quantitative estimate of drug-likeness (QED) is 0.0622. The fourth-order valence-corrected chi connectivity index (χ4v) is 25.3. The summed E-state index contributed by atoms with van der Waals surface area (Å²) in [7, 11) is 1.27. The highest BCUT2D eigenvalue weighted by molar-refractivity contribution is 7.23. The van der Waals surface area contributed by atoms with E-state index in [0.717, 1.165) is 185 Å². The van der Waals surface area contributed by atoms with Gasteiger partial charge in [-0.05, 0) is 173 Å². The normalized spacial score (nSPS) is 19.2. The molecule has 1 amide bonds. The Morgan fingerprint density at radius 3 is 1.69 bits per heavy atom. The summed E-state index contributed by atoms with van der Waals surface area (Å²) in [6.45, 7) is 30.0. The van der Waals surface area contributed by atoms with Crippen LogP contribution in [-0.4, -0.2) is 164 Å². The lowest BCUT2D eigenvalue weighted by Crippen LogP contribution is -2.43. The molecule has 130 heavy (non-hydrogen) atoms. The van der Waals surface area contributed by atoms with Gasteiger partial charge in [0.15, 0.2) is 23.6 Å². The predicted molar refractivity (Wildman–Crippen MR) is 528 cm³/mol. The fraction of sp³-hybridized carbons (Fsp3) is 0.343. The maximum atomic E-state index is 12.8. The number of benzene rings is 5. The van der Waals surface area contributed by atoms with E-state index in [1.165, 1.54) is 57.8 Å². The number of ketones is 3. The number of nitrogens with zero attached hydrogens (tertiary/aromatic N) is 6. The van der Waals surface area contributed by atoms with Gasteiger partial charge in [0.05, 0.1) is 127 Å². The number of hydrogen-bond donors (Lipinski definition) is 2. The van der Waals surface area contributed by atoms with E-state index < -0.39 is 5.97 Å². The van der Waals surface area contributed by atoms with Gasteiger partial charge in [-0.25, -0.2) is 9.64 Å². The Hall–Kier alpha value is -9.15. The Labute approximate surface area is 804 Å². The van der Waals surface area contributed by atoms with Crippen LogP contribution in [0.3, 0.4) is 0 Å². The third-order valence-electron chi connectivity index (χ3n) is 24.8. The molecule has 5 aromatic carbocycles. The molecule has 0 saturated carbocycles. The van der Waals surface area contributed by atoms with Crippen LogP contribution in [0.4, 0.5) is 25.7 Å². The van der Waals surface area contributed by atoms with Crippen molar-refractivity contribution in [3.63, 3.8) is 0 Å². The van der Waals surface area contributed by atoms with Gasteiger partial charge in [0, 0.05) is 140 Å². The second-order valence-electron chi connectivity index (χ2n) is 33.5. The largest absolute Gasteiger partial charge is 0.464 e. The van der Waals surface area contributed by atoms with Gasteiger partial charge in [0.25, 0.3) is 11.5 Å². The highest BCUT2D eigenvalue weighted by Crippen LogP contribution is 2.56. The van der Waals surface area contributed by atoms with Crippen molar-refractivity contribution in [1.82, 2.24) is 15.3 Å². The number of aryl methyl sites for hydroxylation is 2. The molecule has 3 unspecified atom stereocenters. The van der Waals surface area contributed by atoms with Crippen molar-refractivity contribution in [2.24, 2.45) is 5.41 Å². The molecule has 8 aliphatic rings. The standard InChI is InChI=1S/C22H21NOS.C20H19ClN2O2S.C19H16Cl2N2O4S.C19H20Cl2N2O2S.C19H18ClNO3S/c1-14-4-6-16(7-5-14)20-17-12-19(15-8-10-23-11-9-15)25-21(17)18(24)13-22(20,2)3;1-12-11-13(3-5-15(12)21)14-4-6-16(24)19-17(14)18(22-2)20(26-19)23-7-9-25-10-8-23;1-26-19(25)16-15(10-2-3-12(20)13(21)8-10)11-9-14(23-4-6-27-7-5-23)28-17(11)18(24)22-16;1-2-15-17(11-3-4-13(20)14(21)9-11)12-10-16(23-5-7-25-8-6-23)26-18(12)19(24)22-15;20-13-3-1-12(2-4-13)14-5-6-16(23)18-17(14)15(11-22)19(25-18)21-7-9-24-10-8-21/h4-12,20H,13H2,1-3H3;3,5,11,14H,4,6-10H2,1H3;2-3,8-9H,4-7H2,1H3,(H,22,24);3-4,9-10,15,17H,2,5-8H2,1H3,(H,22,24);1-4,11,14H,5-10H2/t;;;15-,17+;/m...0./s1. The van der Waals surface area contributed by atoms with Crippen LogP contribution in [0, 0.1) is 25.8 Å². The number of thiophene rings is 5. The molecule has 5 aliphatic heterocycles. The molecule has 4 fully saturated rings. The van der Waals surface area contributed by atoms with Crippen LogP contribution in [0.2, 0.25) is 30.1 Å². The number of amides is 1. The van der Waals surface area contributed by atoms with Crippen molar-refractivity contribution in [2.75, 3.05) is 132 Å². The number of esters is 1. The molecule has 31 heteroatoms. The summed E-state index contributed by atoms with van der Waals surface area (Å²) < 4.78 is 27.1. The number of aromatic nitrogens is 2. The predicted octanol–water partition coefficient (Wildman–Crippen LogP) is 24.0. The van der Waals surface area contributed by atoms with E-state index in [0.29, 0.717) is 116 Å². The number of H-pyrrole nitrogens is 1. The highest BCUT2D eigenvalue weighted by atomic mass is 35.5. The first-order valence-corrected chi connectivity index (χ1v) is 49.5. The molecule has 2 N–H and O–H groups in total. The number of ether oxygens (including phenoxy) is 5. The van der Waals surface area contributed by atoms with Crippen LogP contribution < -0.4 is 30.5 Å². The van der Waals surface area contributed by atoms with Gasteiger partial charge in [-0.3, -0.25) is 33.8 Å². The first kappa shape index (κ1) is 94.1. The number of carbonyl (C=O) groups excluding carboxylic acids is 6. The fourth-order valence-electron chi connectivity index (χ4n) is 18.3. The van der Waals surface area contributed by atoms with Gasteiger partial charge in [-0.2, -0.15) is 0 Å². The zero-order chi connectivity index (χ0) is 91.3. The molecule has 5 atom stereocenters. The molecule has 3 aliphatic carbocycles. The van der Waals surface area contributed by atoms with Crippen molar-refractivity contribution in [3.8, 4) is 21.6 Å². The molecule has 12 heterocycles. The molecular weight excluding hydrogens is 1870 g/mol. The second-order valence-corrected chi connectivity index (χ2v) is 41.1. The molecular formula is C99H94Cl6N8O12S5. The van der Waals surface area contributed by atoms with E-state index in [4.69, 9.17) is 99.9 Å². The summed E-state index contributed by atoms with van der Waals surface area (Å²) >= 11 is 44.3. The third-order valence-corrected chi connectivity index (χ3v) is 33.3. The van der Waals surface area contributed by atoms with Gasteiger partial charge < -0.3 is 53.6 Å². The summed E-state index contributed by atoms with van der Waals surface area (Å²) in [6, 6.07) is 43.8. The lowest BCUT2D eigenvalue weighted by Gasteiger charge is -2.38. The zero-order valence-corrected chi connectivity index (χ0v) is 80.9. The number of aldehydes is 1. The lowest BCUT2D eigenvalue weighted by molar-refractivity contribution is 0.0594. The summed E-state index contributed by atoms with van der Waals surface area (Å²) in [4.78, 5) is 111. The average Bonchev–Trinajstić information content (AvgIpc) is 1.59. The summed E-state index contributed by atoms with van der Waals surface area (Å²) in [5.41, 5.74) is 14.4. The van der Waals surface area contributed by atoms with Gasteiger partial charge in [0.2, 0.25) is 5.69 Å². The molecule has 0 bridgehead atoms. The van der Waals surface area contributed by atoms with Gasteiger partial charge >= 0.3 is 5.97 Å². The van der Waals surface area contributed by atoms with Crippen molar-refractivity contribution in [3.05, 3.63) is 284 Å². The van der Waals surface area contributed by atoms with E-state index in [1.54, 1.807) is 53.3 Å². The second kappa shape index (κ2) is 41.6. The lowest BCUT2D eigenvalue weighted by atomic mass is 9.65. The van der Waals surface area contributed by atoms with Crippen LogP contribution in [0.5, 0.6) is 0 Å². The number of Topliss-reactive ketones (excluding diaryl/α,β-unsaturated/α-hetero) is 3. The number of aromatic amines is 1. The highest BCUT2D eigenvalue weighted by Gasteiger charge is 2.44. The molecule has 0 spiro atoms. The molecule has 674 valence electrons. The summed E-state index contributed by atoms with van der Waals surface area (Å²) in [6.07, 6.45) is 8.48. The Morgan fingerprint density at radius 1 is 0.562 bits per heavy atom. The first-order valence-electron chi connectivity index (χ1n) is 43.1. The molecule has 0 radical (unpaired) electrons. The molecule has 7 aromatic heterocycles. The van der Waals surface area contributed by atoms with Crippen LogP contribution >= 0.6 is 126 Å². The van der Waals surface area contributed by atoms with Crippen LogP contribution in [0.15, 0.2) is 151 Å². The third kappa shape index (κ3) is 20.1. The van der Waals surface area contributed by atoms with Gasteiger partial charge in [-0.1, -0.05) is 157 Å². The van der Waals surface area contributed by atoms with E-state index in [-0.39, 0.29) is 69.6 Å². The SMILES string of the molecule is CC[C@@H]1NC(=O)c2sc(N3CCOCC3)cc2[C@H]1c1ccc(Cl)c(Cl)c1.COC(=O)c1[nH]c(=O)c2sc(N3CCOCC3)cc2c1-c1ccc(Cl)c(Cl)c1.Cc1ccc(C2c3cc(-c4ccncc4)sc3C(=O)CC2(C)C)cc1.O=Cc1c(N2CCOCC2)sc2c1C(c1ccc(Cl)cc1)CCC2=O.[C-]#[N+]c1c(N2CCOCC2)sc2c1C(c1ccc(Cl)c(C)c1)CCC2=O. The summed E-state index contributed by atoms with van der Waals surface area (Å²) in [5.74, 6) is 0.441. The molecule has 12 aromatic rings. The number of pyridine rings is 2. The number of hydrogen-bond acceptors (Lipinski definition) is 22. The maximum absolute atomic E-state index is 12.8. The molecule has 4 saturated heterocycles. The first-order chi connectivity index (χ1) is 62.8. The summed E-state index contributed by atoms with van der Waals surface area (Å²) in [5, 5.41) is 11.1. The average molecular weight is 1960 g/mol. The van der Waals surface area contributed by atoms with Crippen LogP contribution in [0.1, 0.15) is 198 Å². The maximum Gasteiger partial charge on any atom is 0.355 e. The number of rotatable bonds is 13. The smallest absolute Gasteiger partial charge is 0.355 e. The van der Waals surface area contributed by atoms with E-state index >= 15 is 0 Å². The Bertz CT molecular complexity index is 6360. The minimum absolute atomic E-state index is 0.0210. The number of morpholine rings is 4. The minimum atomic E-state index is -0.626. The Morgan fingerprint density at radius 2 is 1.11 bits per heavy atom. The zero-order valence-electron chi connectivity index (χ0n) is 72.3. The van der Waals surface area contributed by atoms with E-state index in [9.17, 15) is 33.6 Å². The molecule has 20 nitrogen and oxygen atoms in total. The Balaban J connectivity index is 0.000000119. The van der Waals surface area contributed by atoms with Crippen LogP contribution in [0.25, 0.3) is 36.5 Å². The number of methoxy groups -OCH3 is 1. The number of carbonyl (C=O) groups is 6.